The molecule has 0 saturated carbocycles. The monoisotopic (exact) mass is 245 g/mol. The summed E-state index contributed by atoms with van der Waals surface area (Å²) in [6.07, 6.45) is 0. The van der Waals surface area contributed by atoms with Crippen LogP contribution in [0.3, 0.4) is 0 Å². The Morgan fingerprint density at radius 2 is 2.23 bits per heavy atom. The van der Waals surface area contributed by atoms with E-state index in [-0.39, 0.29) is 22.4 Å². The number of halogens is 1. The topological polar surface area (TPSA) is 69.4 Å². The maximum Gasteiger partial charge on any atom is 0.298 e. The van der Waals surface area contributed by atoms with E-state index in [1.807, 2.05) is 0 Å². The molecule has 0 spiro atoms. The summed E-state index contributed by atoms with van der Waals surface area (Å²) >= 11 is 2.98. The molecule has 0 fully saturated rings. The predicted molar refractivity (Wildman–Crippen MR) is 47.5 cm³/mol. The standard InChI is InChI=1S/C7H4BrNO4/c8-6-3-5(13-4-10)1-2-7(6)9(11)12/h1-4H. The molecule has 0 heterocycles. The summed E-state index contributed by atoms with van der Waals surface area (Å²) in [5, 5.41) is 10.4. The summed E-state index contributed by atoms with van der Waals surface area (Å²) in [7, 11) is 0. The number of hydrogen-bond donors (Lipinski definition) is 0. The molecule has 5 nitrogen and oxygen atoms in total. The van der Waals surface area contributed by atoms with Gasteiger partial charge in [0.25, 0.3) is 12.2 Å². The van der Waals surface area contributed by atoms with Crippen molar-refractivity contribution in [3.63, 3.8) is 0 Å². The van der Waals surface area contributed by atoms with Gasteiger partial charge in [-0.25, -0.2) is 0 Å². The van der Waals surface area contributed by atoms with Gasteiger partial charge in [0.15, 0.2) is 0 Å². The molecule has 1 aromatic carbocycles. The molecular formula is C7H4BrNO4. The summed E-state index contributed by atoms with van der Waals surface area (Å²) in [6, 6.07) is 3.95. The average molecular weight is 246 g/mol. The maximum absolute atomic E-state index is 10.4. The van der Waals surface area contributed by atoms with Crippen LogP contribution < -0.4 is 4.74 Å². The summed E-state index contributed by atoms with van der Waals surface area (Å²) in [4.78, 5) is 19.8. The van der Waals surface area contributed by atoms with Crippen LogP contribution in [0.5, 0.6) is 5.75 Å². The highest BCUT2D eigenvalue weighted by Crippen LogP contribution is 2.28. The predicted octanol–water partition coefficient (Wildman–Crippen LogP) is 1.89. The fourth-order valence-corrected chi connectivity index (χ4v) is 1.27. The first-order valence-corrected chi connectivity index (χ1v) is 3.98. The van der Waals surface area contributed by atoms with Gasteiger partial charge in [-0.05, 0) is 22.0 Å². The molecule has 0 aromatic heterocycles. The van der Waals surface area contributed by atoms with E-state index >= 15 is 0 Å². The minimum Gasteiger partial charge on any atom is -0.429 e. The number of carbonyl (C=O) groups is 1. The van der Waals surface area contributed by atoms with Crippen molar-refractivity contribution in [1.82, 2.24) is 0 Å². The SMILES string of the molecule is O=COc1ccc([N+](=O)[O-])c(Br)c1. The lowest BCUT2D eigenvalue weighted by Crippen LogP contribution is -1.92. The van der Waals surface area contributed by atoms with Crippen LogP contribution in [0.25, 0.3) is 0 Å². The molecule has 0 bridgehead atoms. The molecule has 0 aliphatic rings. The van der Waals surface area contributed by atoms with Crippen molar-refractivity contribution in [3.05, 3.63) is 32.8 Å². The van der Waals surface area contributed by atoms with Gasteiger partial charge in [0.2, 0.25) is 0 Å². The van der Waals surface area contributed by atoms with Crippen LogP contribution >= 0.6 is 15.9 Å². The number of hydrogen-bond acceptors (Lipinski definition) is 4. The van der Waals surface area contributed by atoms with Gasteiger partial charge in [-0.1, -0.05) is 0 Å². The van der Waals surface area contributed by atoms with Crippen LogP contribution in [0.15, 0.2) is 22.7 Å². The zero-order valence-electron chi connectivity index (χ0n) is 6.27. The number of nitro benzene ring substituents is 1. The van der Waals surface area contributed by atoms with Crippen LogP contribution in [0.4, 0.5) is 5.69 Å². The molecule has 0 radical (unpaired) electrons. The molecule has 13 heavy (non-hydrogen) atoms. The second-order valence-electron chi connectivity index (χ2n) is 2.08. The van der Waals surface area contributed by atoms with Crippen molar-refractivity contribution in [2.24, 2.45) is 0 Å². The largest absolute Gasteiger partial charge is 0.429 e. The van der Waals surface area contributed by atoms with Crippen LogP contribution in [0.2, 0.25) is 0 Å². The summed E-state index contributed by atoms with van der Waals surface area (Å²) in [5.74, 6) is 0.257. The van der Waals surface area contributed by atoms with Gasteiger partial charge in [0, 0.05) is 12.1 Å². The number of nitro groups is 1. The van der Waals surface area contributed by atoms with E-state index in [1.54, 1.807) is 0 Å². The van der Waals surface area contributed by atoms with Gasteiger partial charge < -0.3 is 4.74 Å². The number of rotatable bonds is 3. The zero-order chi connectivity index (χ0) is 9.84. The number of carbonyl (C=O) groups excluding carboxylic acids is 1. The van der Waals surface area contributed by atoms with Gasteiger partial charge in [-0.15, -0.1) is 0 Å². The molecule has 6 heteroatoms. The average Bonchev–Trinajstić information content (AvgIpc) is 2.04. The fourth-order valence-electron chi connectivity index (χ4n) is 0.765. The third-order valence-corrected chi connectivity index (χ3v) is 1.94. The van der Waals surface area contributed by atoms with Crippen molar-refractivity contribution >= 4 is 28.1 Å². The Bertz CT molecular complexity index is 352. The minimum atomic E-state index is -0.533. The zero-order valence-corrected chi connectivity index (χ0v) is 7.85. The first-order valence-electron chi connectivity index (χ1n) is 3.19. The highest BCUT2D eigenvalue weighted by atomic mass is 79.9. The third-order valence-electron chi connectivity index (χ3n) is 1.30. The quantitative estimate of drug-likeness (QED) is 0.464. The smallest absolute Gasteiger partial charge is 0.298 e. The Hall–Kier alpha value is -1.43. The van der Waals surface area contributed by atoms with Crippen molar-refractivity contribution in [2.75, 3.05) is 0 Å². The van der Waals surface area contributed by atoms with Gasteiger partial charge in [0.1, 0.15) is 5.75 Å². The molecule has 0 aliphatic carbocycles. The first-order chi connectivity index (χ1) is 6.15. The van der Waals surface area contributed by atoms with Crippen LogP contribution in [0.1, 0.15) is 0 Å². The van der Waals surface area contributed by atoms with E-state index in [2.05, 4.69) is 20.7 Å². The number of nitrogens with zero attached hydrogens (tertiary/aromatic N) is 1. The maximum atomic E-state index is 10.4. The van der Waals surface area contributed by atoms with Crippen molar-refractivity contribution in [2.45, 2.75) is 0 Å². The second-order valence-corrected chi connectivity index (χ2v) is 2.94. The second kappa shape index (κ2) is 3.99. The van der Waals surface area contributed by atoms with Crippen LogP contribution in [-0.2, 0) is 4.79 Å². The van der Waals surface area contributed by atoms with Crippen molar-refractivity contribution in [1.29, 1.82) is 0 Å². The number of benzene rings is 1. The molecular weight excluding hydrogens is 242 g/mol. The van der Waals surface area contributed by atoms with E-state index in [4.69, 9.17) is 0 Å². The summed E-state index contributed by atoms with van der Waals surface area (Å²) in [5.41, 5.74) is -0.0711. The molecule has 0 aliphatic heterocycles. The normalized spacial score (nSPS) is 9.31. The van der Waals surface area contributed by atoms with Gasteiger partial charge in [-0.2, -0.15) is 0 Å². The Labute approximate surface area is 81.6 Å². The Morgan fingerprint density at radius 3 is 2.69 bits per heavy atom. The minimum absolute atomic E-state index is 0.0711. The van der Waals surface area contributed by atoms with E-state index in [0.29, 0.717) is 0 Å². The lowest BCUT2D eigenvalue weighted by atomic mass is 10.3. The molecule has 1 rings (SSSR count). The fraction of sp³-hybridized carbons (Fsp3) is 0. The molecule has 0 saturated heterocycles. The molecule has 68 valence electrons. The highest BCUT2D eigenvalue weighted by molar-refractivity contribution is 9.10. The van der Waals surface area contributed by atoms with E-state index in [1.165, 1.54) is 18.2 Å². The van der Waals surface area contributed by atoms with Crippen LogP contribution in [0, 0.1) is 10.1 Å². The molecule has 0 N–H and O–H groups in total. The highest BCUT2D eigenvalue weighted by Gasteiger charge is 2.11. The van der Waals surface area contributed by atoms with E-state index in [0.717, 1.165) is 0 Å². The van der Waals surface area contributed by atoms with Gasteiger partial charge in [-0.3, -0.25) is 14.9 Å². The van der Waals surface area contributed by atoms with Gasteiger partial charge in [0.05, 0.1) is 9.40 Å². The Balaban J connectivity index is 3.05. The van der Waals surface area contributed by atoms with Crippen molar-refractivity contribution < 1.29 is 14.5 Å². The Kier molecular flexibility index (Phi) is 2.97. The third kappa shape index (κ3) is 2.25. The molecule has 0 amide bonds. The molecule has 0 atom stereocenters. The number of ether oxygens (including phenoxy) is 1. The molecule has 0 unspecified atom stereocenters. The lowest BCUT2D eigenvalue weighted by molar-refractivity contribution is -0.385. The lowest BCUT2D eigenvalue weighted by Gasteiger charge is -1.98. The van der Waals surface area contributed by atoms with Gasteiger partial charge >= 0.3 is 0 Å². The summed E-state index contributed by atoms with van der Waals surface area (Å²) in [6.45, 7) is 0.258. The van der Waals surface area contributed by atoms with Crippen LogP contribution in [-0.4, -0.2) is 11.4 Å². The van der Waals surface area contributed by atoms with E-state index < -0.39 is 4.92 Å². The summed E-state index contributed by atoms with van der Waals surface area (Å²) < 4.78 is 4.76. The van der Waals surface area contributed by atoms with Crippen molar-refractivity contribution in [3.8, 4) is 5.75 Å². The molecule has 1 aromatic rings. The Morgan fingerprint density at radius 1 is 1.54 bits per heavy atom. The first kappa shape index (κ1) is 9.66. The van der Waals surface area contributed by atoms with E-state index in [9.17, 15) is 14.9 Å².